The Hall–Kier alpha value is -2.78. The van der Waals surface area contributed by atoms with Crippen molar-refractivity contribution in [1.29, 1.82) is 0 Å². The topological polar surface area (TPSA) is 90.5 Å². The molecule has 29 heavy (non-hydrogen) atoms. The molecule has 1 aliphatic rings. The Morgan fingerprint density at radius 1 is 1.17 bits per heavy atom. The Morgan fingerprint density at radius 3 is 2.48 bits per heavy atom. The third-order valence-corrected chi connectivity index (χ3v) is 4.14. The van der Waals surface area contributed by atoms with Gasteiger partial charge < -0.3 is 20.9 Å². The van der Waals surface area contributed by atoms with Crippen molar-refractivity contribution in [2.24, 2.45) is 0 Å². The van der Waals surface area contributed by atoms with Gasteiger partial charge in [0.05, 0.1) is 0 Å². The summed E-state index contributed by atoms with van der Waals surface area (Å²) in [6, 6.07) is 4.70. The number of carbonyl (C=O) groups is 3. The molecule has 10 heteroatoms. The van der Waals surface area contributed by atoms with Gasteiger partial charge in [0.1, 0.15) is 12.6 Å². The summed E-state index contributed by atoms with van der Waals surface area (Å²) in [5.41, 5.74) is 0.264. The van der Waals surface area contributed by atoms with Gasteiger partial charge in [0.25, 0.3) is 5.91 Å². The minimum Gasteiger partial charge on any atom is -0.347 e. The Morgan fingerprint density at radius 2 is 1.86 bits per heavy atom. The molecule has 7 nitrogen and oxygen atoms in total. The van der Waals surface area contributed by atoms with Crippen molar-refractivity contribution in [2.75, 3.05) is 18.4 Å². The Balaban J connectivity index is 2.03. The van der Waals surface area contributed by atoms with E-state index in [1.165, 1.54) is 11.0 Å². The van der Waals surface area contributed by atoms with Crippen molar-refractivity contribution in [1.82, 2.24) is 15.5 Å². The van der Waals surface area contributed by atoms with Gasteiger partial charge in [0, 0.05) is 23.3 Å². The van der Waals surface area contributed by atoms with Crippen LogP contribution >= 0.6 is 0 Å². The molecular formula is C19H25F3N4O3. The largest absolute Gasteiger partial charge is 0.405 e. The van der Waals surface area contributed by atoms with E-state index in [0.29, 0.717) is 17.7 Å². The molecule has 0 spiro atoms. The lowest BCUT2D eigenvalue weighted by atomic mass is 10.1. The zero-order chi connectivity index (χ0) is 21.8. The second kappa shape index (κ2) is 8.71. The number of benzene rings is 1. The zero-order valence-electron chi connectivity index (χ0n) is 16.5. The SMILES string of the molecule is CC(C)(C)NC(=O)c1cccc(NC(=O)N2CCCC2C(=O)NCC(F)(F)F)c1. The maximum Gasteiger partial charge on any atom is 0.405 e. The molecular weight excluding hydrogens is 389 g/mol. The molecule has 0 saturated carbocycles. The van der Waals surface area contributed by atoms with Crippen molar-refractivity contribution in [2.45, 2.75) is 51.4 Å². The third kappa shape index (κ3) is 6.95. The van der Waals surface area contributed by atoms with E-state index in [4.69, 9.17) is 0 Å². The van der Waals surface area contributed by atoms with E-state index in [1.54, 1.807) is 18.2 Å². The molecule has 1 fully saturated rings. The zero-order valence-corrected chi connectivity index (χ0v) is 16.5. The summed E-state index contributed by atoms with van der Waals surface area (Å²) in [7, 11) is 0. The minimum atomic E-state index is -4.52. The van der Waals surface area contributed by atoms with Crippen LogP contribution in [-0.4, -0.2) is 53.6 Å². The van der Waals surface area contributed by atoms with Crippen LogP contribution in [0.1, 0.15) is 44.0 Å². The van der Waals surface area contributed by atoms with Crippen molar-refractivity contribution in [3.63, 3.8) is 0 Å². The lowest BCUT2D eigenvalue weighted by molar-refractivity contribution is -0.140. The van der Waals surface area contributed by atoms with Gasteiger partial charge in [-0.25, -0.2) is 4.79 Å². The summed E-state index contributed by atoms with van der Waals surface area (Å²) >= 11 is 0. The first-order chi connectivity index (χ1) is 13.4. The van der Waals surface area contributed by atoms with Gasteiger partial charge >= 0.3 is 12.2 Å². The standard InChI is InChI=1S/C19H25F3N4O3/c1-18(2,3)25-15(27)12-6-4-7-13(10-12)24-17(29)26-9-5-8-14(26)16(28)23-11-19(20,21)22/h4,6-7,10,14H,5,8-9,11H2,1-3H3,(H,23,28)(H,24,29)(H,25,27). The predicted molar refractivity (Wildman–Crippen MR) is 101 cm³/mol. The molecule has 1 aromatic carbocycles. The number of carbonyl (C=O) groups excluding carboxylic acids is 3. The van der Waals surface area contributed by atoms with Gasteiger partial charge in [0.2, 0.25) is 5.91 Å². The van der Waals surface area contributed by atoms with E-state index in [1.807, 2.05) is 26.1 Å². The quantitative estimate of drug-likeness (QED) is 0.708. The summed E-state index contributed by atoms with van der Waals surface area (Å²) in [5.74, 6) is -1.15. The molecule has 0 aromatic heterocycles. The van der Waals surface area contributed by atoms with E-state index in [2.05, 4.69) is 10.6 Å². The van der Waals surface area contributed by atoms with Crippen LogP contribution in [0.3, 0.4) is 0 Å². The van der Waals surface area contributed by atoms with E-state index < -0.39 is 36.2 Å². The summed E-state index contributed by atoms with van der Waals surface area (Å²) in [6.07, 6.45) is -3.73. The second-order valence-corrected chi connectivity index (χ2v) is 7.90. The van der Waals surface area contributed by atoms with Crippen LogP contribution in [0.2, 0.25) is 0 Å². The maximum atomic E-state index is 12.6. The number of likely N-dealkylation sites (tertiary alicyclic amines) is 1. The normalized spacial score (nSPS) is 17.0. The van der Waals surface area contributed by atoms with Crippen molar-refractivity contribution in [3.8, 4) is 0 Å². The average molecular weight is 414 g/mol. The van der Waals surface area contributed by atoms with Gasteiger partial charge in [-0.1, -0.05) is 6.07 Å². The molecule has 2 rings (SSSR count). The van der Waals surface area contributed by atoms with Crippen LogP contribution in [-0.2, 0) is 4.79 Å². The smallest absolute Gasteiger partial charge is 0.347 e. The number of nitrogens with one attached hydrogen (secondary N) is 3. The fraction of sp³-hybridized carbons (Fsp3) is 0.526. The van der Waals surface area contributed by atoms with Crippen LogP contribution in [0.5, 0.6) is 0 Å². The lowest BCUT2D eigenvalue weighted by Crippen LogP contribution is -2.49. The predicted octanol–water partition coefficient (Wildman–Crippen LogP) is 2.89. The first-order valence-electron chi connectivity index (χ1n) is 9.20. The number of halogens is 3. The number of anilines is 1. The van der Waals surface area contributed by atoms with E-state index >= 15 is 0 Å². The van der Waals surface area contributed by atoms with Gasteiger partial charge in [-0.05, 0) is 51.8 Å². The number of hydrogen-bond acceptors (Lipinski definition) is 3. The number of nitrogens with zero attached hydrogens (tertiary/aromatic N) is 1. The van der Waals surface area contributed by atoms with Crippen LogP contribution in [0, 0.1) is 0 Å². The highest BCUT2D eigenvalue weighted by molar-refractivity contribution is 5.98. The van der Waals surface area contributed by atoms with E-state index in [9.17, 15) is 27.6 Å². The summed E-state index contributed by atoms with van der Waals surface area (Å²) in [4.78, 5) is 38.1. The number of hydrogen-bond donors (Lipinski definition) is 3. The fourth-order valence-electron chi connectivity index (χ4n) is 2.93. The molecule has 0 radical (unpaired) electrons. The highest BCUT2D eigenvalue weighted by Crippen LogP contribution is 2.21. The molecule has 1 aliphatic heterocycles. The van der Waals surface area contributed by atoms with Gasteiger partial charge in [-0.2, -0.15) is 13.2 Å². The van der Waals surface area contributed by atoms with Crippen LogP contribution < -0.4 is 16.0 Å². The Labute approximate surface area is 167 Å². The van der Waals surface area contributed by atoms with Crippen LogP contribution in [0.15, 0.2) is 24.3 Å². The van der Waals surface area contributed by atoms with E-state index in [-0.39, 0.29) is 18.9 Å². The summed E-state index contributed by atoms with van der Waals surface area (Å²) in [5, 5.41) is 7.24. The van der Waals surface area contributed by atoms with E-state index in [0.717, 1.165) is 0 Å². The van der Waals surface area contributed by atoms with Crippen LogP contribution in [0.4, 0.5) is 23.7 Å². The maximum absolute atomic E-state index is 12.6. The average Bonchev–Trinajstić information content (AvgIpc) is 3.07. The highest BCUT2D eigenvalue weighted by Gasteiger charge is 2.36. The molecule has 1 heterocycles. The molecule has 1 aromatic rings. The fourth-order valence-corrected chi connectivity index (χ4v) is 2.93. The van der Waals surface area contributed by atoms with Gasteiger partial charge in [-0.3, -0.25) is 9.59 Å². The third-order valence-electron chi connectivity index (χ3n) is 4.14. The molecule has 1 unspecified atom stereocenters. The van der Waals surface area contributed by atoms with Crippen molar-refractivity contribution in [3.05, 3.63) is 29.8 Å². The molecule has 0 aliphatic carbocycles. The molecule has 160 valence electrons. The Kier molecular flexibility index (Phi) is 6.76. The number of urea groups is 1. The molecule has 3 N–H and O–H groups in total. The van der Waals surface area contributed by atoms with Crippen LogP contribution in [0.25, 0.3) is 0 Å². The minimum absolute atomic E-state index is 0.250. The first-order valence-corrected chi connectivity index (χ1v) is 9.20. The molecule has 4 amide bonds. The number of rotatable bonds is 4. The lowest BCUT2D eigenvalue weighted by Gasteiger charge is -2.24. The second-order valence-electron chi connectivity index (χ2n) is 7.90. The Bertz CT molecular complexity index is 775. The molecule has 1 atom stereocenters. The molecule has 0 bridgehead atoms. The summed E-state index contributed by atoms with van der Waals surface area (Å²) < 4.78 is 36.9. The van der Waals surface area contributed by atoms with Crippen molar-refractivity contribution < 1.29 is 27.6 Å². The summed E-state index contributed by atoms with van der Waals surface area (Å²) in [6.45, 7) is 4.33. The first kappa shape index (κ1) is 22.5. The number of amides is 4. The van der Waals surface area contributed by atoms with Gasteiger partial charge in [0.15, 0.2) is 0 Å². The highest BCUT2D eigenvalue weighted by atomic mass is 19.4. The van der Waals surface area contributed by atoms with Gasteiger partial charge in [-0.15, -0.1) is 0 Å². The number of alkyl halides is 3. The monoisotopic (exact) mass is 414 g/mol. The van der Waals surface area contributed by atoms with Crippen molar-refractivity contribution >= 4 is 23.5 Å². The molecule has 1 saturated heterocycles.